The Morgan fingerprint density at radius 3 is 2.80 bits per heavy atom. The van der Waals surface area contributed by atoms with E-state index in [4.69, 9.17) is 10.5 Å². The van der Waals surface area contributed by atoms with E-state index in [0.29, 0.717) is 30.0 Å². The molecule has 2 aliphatic rings. The second-order valence-electron chi connectivity index (χ2n) is 5.13. The van der Waals surface area contributed by atoms with Crippen molar-refractivity contribution in [2.45, 2.75) is 25.8 Å². The average Bonchev–Trinajstić information content (AvgIpc) is 3.22. The van der Waals surface area contributed by atoms with Gasteiger partial charge in [0, 0.05) is 25.7 Å². The summed E-state index contributed by atoms with van der Waals surface area (Å²) in [6.45, 7) is 5.75. The molecule has 0 bridgehead atoms. The van der Waals surface area contributed by atoms with Crippen molar-refractivity contribution in [3.05, 3.63) is 4.88 Å². The number of morpholine rings is 1. The Morgan fingerprint density at radius 2 is 2.20 bits per heavy atom. The van der Waals surface area contributed by atoms with E-state index < -0.39 is 0 Å². The van der Waals surface area contributed by atoms with Crippen LogP contribution in [0.1, 0.15) is 29.4 Å². The van der Waals surface area contributed by atoms with E-state index in [-0.39, 0.29) is 5.91 Å². The first-order valence-electron chi connectivity index (χ1n) is 7.10. The van der Waals surface area contributed by atoms with Crippen molar-refractivity contribution in [2.75, 3.05) is 43.5 Å². The van der Waals surface area contributed by atoms with Crippen molar-refractivity contribution < 1.29 is 9.53 Å². The number of anilines is 2. The highest BCUT2D eigenvalue weighted by atomic mass is 32.1. The number of nitrogens with zero attached hydrogens (tertiary/aromatic N) is 3. The average molecular weight is 296 g/mol. The minimum absolute atomic E-state index is 0.0320. The molecule has 1 amide bonds. The van der Waals surface area contributed by atoms with Gasteiger partial charge in [0.2, 0.25) is 0 Å². The van der Waals surface area contributed by atoms with Gasteiger partial charge < -0.3 is 20.3 Å². The van der Waals surface area contributed by atoms with E-state index in [1.165, 1.54) is 11.3 Å². The molecule has 1 saturated carbocycles. The Hall–Kier alpha value is -1.34. The molecular formula is C13H20N4O2S. The molecule has 0 atom stereocenters. The fraction of sp³-hybridized carbons (Fsp3) is 0.692. The van der Waals surface area contributed by atoms with Crippen LogP contribution in [0.5, 0.6) is 0 Å². The molecule has 2 heterocycles. The summed E-state index contributed by atoms with van der Waals surface area (Å²) in [4.78, 5) is 21.5. The van der Waals surface area contributed by atoms with E-state index in [1.54, 1.807) is 0 Å². The highest BCUT2D eigenvalue weighted by Gasteiger charge is 2.34. The zero-order valence-electron chi connectivity index (χ0n) is 11.7. The predicted octanol–water partition coefficient (Wildman–Crippen LogP) is 1.19. The number of carbonyl (C=O) groups is 1. The van der Waals surface area contributed by atoms with Crippen LogP contribution in [0.3, 0.4) is 0 Å². The lowest BCUT2D eigenvalue weighted by atomic mass is 10.4. The Balaban J connectivity index is 1.79. The zero-order valence-corrected chi connectivity index (χ0v) is 12.5. The van der Waals surface area contributed by atoms with Gasteiger partial charge >= 0.3 is 0 Å². The Morgan fingerprint density at radius 1 is 1.50 bits per heavy atom. The van der Waals surface area contributed by atoms with Gasteiger partial charge in [-0.3, -0.25) is 4.79 Å². The fourth-order valence-corrected chi connectivity index (χ4v) is 3.44. The summed E-state index contributed by atoms with van der Waals surface area (Å²) >= 11 is 1.41. The summed E-state index contributed by atoms with van der Waals surface area (Å²) in [5, 5.41) is 0.834. The number of rotatable bonds is 4. The molecule has 3 rings (SSSR count). The number of carbonyl (C=O) groups excluding carboxylic acids is 1. The highest BCUT2D eigenvalue weighted by molar-refractivity contribution is 7.18. The van der Waals surface area contributed by atoms with Crippen LogP contribution in [0.4, 0.5) is 10.9 Å². The number of hydrogen-bond acceptors (Lipinski definition) is 6. The Bertz CT molecular complexity index is 495. The number of nitrogen functional groups attached to an aromatic ring is 1. The number of hydrogen-bond donors (Lipinski definition) is 1. The van der Waals surface area contributed by atoms with Crippen LogP contribution in [0.15, 0.2) is 0 Å². The van der Waals surface area contributed by atoms with Gasteiger partial charge in [0.25, 0.3) is 5.91 Å². The van der Waals surface area contributed by atoms with Crippen LogP contribution in [-0.4, -0.2) is 54.7 Å². The Kier molecular flexibility index (Phi) is 3.80. The molecule has 2 fully saturated rings. The summed E-state index contributed by atoms with van der Waals surface area (Å²) in [5.41, 5.74) is 5.96. The van der Waals surface area contributed by atoms with Crippen molar-refractivity contribution in [3.63, 3.8) is 0 Å². The first kappa shape index (κ1) is 13.6. The third-order valence-electron chi connectivity index (χ3n) is 3.71. The van der Waals surface area contributed by atoms with Gasteiger partial charge in [-0.25, -0.2) is 4.98 Å². The molecule has 1 aromatic rings. The largest absolute Gasteiger partial charge is 0.382 e. The number of nitrogens with two attached hydrogens (primary N) is 1. The third kappa shape index (κ3) is 2.60. The van der Waals surface area contributed by atoms with E-state index in [0.717, 1.165) is 37.6 Å². The number of amides is 1. The van der Waals surface area contributed by atoms with E-state index in [1.807, 2.05) is 11.8 Å². The van der Waals surface area contributed by atoms with Crippen molar-refractivity contribution in [2.24, 2.45) is 0 Å². The fourth-order valence-electron chi connectivity index (χ4n) is 2.45. The molecule has 0 radical (unpaired) electrons. The second-order valence-corrected chi connectivity index (χ2v) is 6.11. The number of aromatic nitrogens is 1. The summed E-state index contributed by atoms with van der Waals surface area (Å²) in [5.74, 6) is 0.394. The molecule has 110 valence electrons. The summed E-state index contributed by atoms with van der Waals surface area (Å²) in [6, 6.07) is 0.404. The molecule has 7 heteroatoms. The van der Waals surface area contributed by atoms with Crippen LogP contribution < -0.4 is 10.6 Å². The quantitative estimate of drug-likeness (QED) is 0.903. The SMILES string of the molecule is CCN(C(=O)c1sc(N2CCOCC2)nc1N)C1CC1. The van der Waals surface area contributed by atoms with E-state index in [2.05, 4.69) is 9.88 Å². The van der Waals surface area contributed by atoms with E-state index in [9.17, 15) is 4.79 Å². The molecular weight excluding hydrogens is 276 g/mol. The number of ether oxygens (including phenoxy) is 1. The molecule has 0 unspecified atom stereocenters. The minimum Gasteiger partial charge on any atom is -0.382 e. The first-order valence-corrected chi connectivity index (χ1v) is 7.92. The summed E-state index contributed by atoms with van der Waals surface area (Å²) < 4.78 is 5.33. The van der Waals surface area contributed by atoms with E-state index >= 15 is 0 Å². The first-order chi connectivity index (χ1) is 9.70. The van der Waals surface area contributed by atoms with Gasteiger partial charge in [-0.05, 0) is 19.8 Å². The smallest absolute Gasteiger partial charge is 0.268 e. The molecule has 0 aromatic carbocycles. The van der Waals surface area contributed by atoms with Gasteiger partial charge in [0.15, 0.2) is 5.13 Å². The molecule has 20 heavy (non-hydrogen) atoms. The van der Waals surface area contributed by atoms with Crippen LogP contribution in [0.2, 0.25) is 0 Å². The van der Waals surface area contributed by atoms with Crippen molar-refractivity contribution in [1.82, 2.24) is 9.88 Å². The lowest BCUT2D eigenvalue weighted by molar-refractivity contribution is 0.0758. The second kappa shape index (κ2) is 5.57. The number of thiazole rings is 1. The molecule has 6 nitrogen and oxygen atoms in total. The van der Waals surface area contributed by atoms with Gasteiger partial charge in [0.05, 0.1) is 13.2 Å². The van der Waals surface area contributed by atoms with Crippen LogP contribution in [-0.2, 0) is 4.74 Å². The van der Waals surface area contributed by atoms with Crippen LogP contribution >= 0.6 is 11.3 Å². The summed E-state index contributed by atoms with van der Waals surface area (Å²) in [6.07, 6.45) is 2.21. The van der Waals surface area contributed by atoms with Crippen molar-refractivity contribution in [1.29, 1.82) is 0 Å². The van der Waals surface area contributed by atoms with Gasteiger partial charge in [-0.1, -0.05) is 11.3 Å². The lowest BCUT2D eigenvalue weighted by Crippen LogP contribution is -2.36. The molecule has 1 aliphatic carbocycles. The maximum Gasteiger partial charge on any atom is 0.268 e. The maximum atomic E-state index is 12.5. The van der Waals surface area contributed by atoms with Crippen molar-refractivity contribution >= 4 is 28.2 Å². The normalized spacial score (nSPS) is 19.1. The van der Waals surface area contributed by atoms with Gasteiger partial charge in [-0.2, -0.15) is 0 Å². The molecule has 1 aliphatic heterocycles. The van der Waals surface area contributed by atoms with Gasteiger partial charge in [0.1, 0.15) is 10.7 Å². The summed E-state index contributed by atoms with van der Waals surface area (Å²) in [7, 11) is 0. The molecule has 1 aromatic heterocycles. The van der Waals surface area contributed by atoms with Crippen LogP contribution in [0.25, 0.3) is 0 Å². The van der Waals surface area contributed by atoms with Crippen molar-refractivity contribution in [3.8, 4) is 0 Å². The third-order valence-corrected chi connectivity index (χ3v) is 4.83. The maximum absolute atomic E-state index is 12.5. The Labute approximate surface area is 122 Å². The van der Waals surface area contributed by atoms with Gasteiger partial charge in [-0.15, -0.1) is 0 Å². The molecule has 2 N–H and O–H groups in total. The monoisotopic (exact) mass is 296 g/mol. The topological polar surface area (TPSA) is 71.7 Å². The minimum atomic E-state index is 0.0320. The molecule has 0 spiro atoms. The standard InChI is InChI=1S/C13H20N4O2S/c1-2-17(9-3-4-9)12(18)10-11(14)15-13(20-10)16-5-7-19-8-6-16/h9H,2-8,14H2,1H3. The highest BCUT2D eigenvalue weighted by Crippen LogP contribution is 2.33. The lowest BCUT2D eigenvalue weighted by Gasteiger charge is -2.26. The van der Waals surface area contributed by atoms with Crippen LogP contribution in [0, 0.1) is 0 Å². The predicted molar refractivity (Wildman–Crippen MR) is 79.3 cm³/mol. The molecule has 1 saturated heterocycles. The zero-order chi connectivity index (χ0) is 14.1.